The Hall–Kier alpha value is -2.30. The fourth-order valence-electron chi connectivity index (χ4n) is 1.33. The zero-order chi connectivity index (χ0) is 11.5. The standard InChI is InChI=1S/C11H10N4O/c1-7(16)10-11(14-5-4-13-10)9-3-2-8(12)6-15-9/h2-6H,12H2,1H3. The van der Waals surface area contributed by atoms with E-state index in [0.29, 0.717) is 22.8 Å². The molecule has 0 saturated heterocycles. The van der Waals surface area contributed by atoms with E-state index in [4.69, 9.17) is 5.73 Å². The minimum atomic E-state index is -0.137. The molecular weight excluding hydrogens is 204 g/mol. The maximum absolute atomic E-state index is 11.4. The second-order valence-corrected chi connectivity index (χ2v) is 3.29. The van der Waals surface area contributed by atoms with E-state index in [9.17, 15) is 4.79 Å². The summed E-state index contributed by atoms with van der Waals surface area (Å²) in [5, 5.41) is 0. The molecule has 0 aliphatic carbocycles. The lowest BCUT2D eigenvalue weighted by atomic mass is 10.1. The Morgan fingerprint density at radius 1 is 1.19 bits per heavy atom. The maximum atomic E-state index is 11.4. The van der Waals surface area contributed by atoms with Crippen molar-refractivity contribution in [3.63, 3.8) is 0 Å². The van der Waals surface area contributed by atoms with Gasteiger partial charge < -0.3 is 5.73 Å². The summed E-state index contributed by atoms with van der Waals surface area (Å²) in [5.74, 6) is -0.137. The topological polar surface area (TPSA) is 81.8 Å². The number of carbonyl (C=O) groups excluding carboxylic acids is 1. The van der Waals surface area contributed by atoms with Crippen molar-refractivity contribution in [2.75, 3.05) is 5.73 Å². The third-order valence-electron chi connectivity index (χ3n) is 2.06. The number of aromatic nitrogens is 3. The van der Waals surface area contributed by atoms with Crippen LogP contribution >= 0.6 is 0 Å². The van der Waals surface area contributed by atoms with Gasteiger partial charge in [0.15, 0.2) is 5.78 Å². The molecule has 0 spiro atoms. The van der Waals surface area contributed by atoms with Crippen molar-refractivity contribution >= 4 is 11.5 Å². The number of hydrogen-bond acceptors (Lipinski definition) is 5. The van der Waals surface area contributed by atoms with Gasteiger partial charge in [0.1, 0.15) is 11.4 Å². The highest BCUT2D eigenvalue weighted by molar-refractivity contribution is 5.97. The minimum Gasteiger partial charge on any atom is -0.397 e. The van der Waals surface area contributed by atoms with Gasteiger partial charge in [-0.3, -0.25) is 14.8 Å². The molecule has 0 aromatic carbocycles. The Bertz CT molecular complexity index is 522. The van der Waals surface area contributed by atoms with E-state index in [1.807, 2.05) is 0 Å². The van der Waals surface area contributed by atoms with Gasteiger partial charge in [0.05, 0.1) is 17.6 Å². The van der Waals surface area contributed by atoms with Crippen LogP contribution in [0.25, 0.3) is 11.4 Å². The molecule has 0 atom stereocenters. The summed E-state index contributed by atoms with van der Waals surface area (Å²) in [6.07, 6.45) is 4.53. The number of nitrogens with two attached hydrogens (primary N) is 1. The summed E-state index contributed by atoms with van der Waals surface area (Å²) >= 11 is 0. The fourth-order valence-corrected chi connectivity index (χ4v) is 1.33. The summed E-state index contributed by atoms with van der Waals surface area (Å²) in [4.78, 5) is 23.6. The van der Waals surface area contributed by atoms with Crippen molar-refractivity contribution in [3.8, 4) is 11.4 Å². The predicted octanol–water partition coefficient (Wildman–Crippen LogP) is 1.32. The van der Waals surface area contributed by atoms with Gasteiger partial charge in [0.25, 0.3) is 0 Å². The van der Waals surface area contributed by atoms with Crippen LogP contribution in [-0.2, 0) is 0 Å². The molecule has 0 saturated carbocycles. The molecule has 0 fully saturated rings. The average Bonchev–Trinajstić information content (AvgIpc) is 2.30. The van der Waals surface area contributed by atoms with Crippen LogP contribution in [0.15, 0.2) is 30.7 Å². The van der Waals surface area contributed by atoms with Gasteiger partial charge in [0, 0.05) is 19.3 Å². The Morgan fingerprint density at radius 3 is 2.56 bits per heavy atom. The molecule has 80 valence electrons. The van der Waals surface area contributed by atoms with Gasteiger partial charge in [0.2, 0.25) is 0 Å². The molecule has 2 rings (SSSR count). The molecule has 0 bridgehead atoms. The third-order valence-corrected chi connectivity index (χ3v) is 2.06. The van der Waals surface area contributed by atoms with Crippen molar-refractivity contribution in [1.82, 2.24) is 15.0 Å². The van der Waals surface area contributed by atoms with E-state index in [-0.39, 0.29) is 5.78 Å². The fraction of sp³-hybridized carbons (Fsp3) is 0.0909. The minimum absolute atomic E-state index is 0.137. The van der Waals surface area contributed by atoms with E-state index in [1.54, 1.807) is 12.1 Å². The van der Waals surface area contributed by atoms with Crippen molar-refractivity contribution in [2.24, 2.45) is 0 Å². The van der Waals surface area contributed by atoms with Crippen LogP contribution in [0.5, 0.6) is 0 Å². The Morgan fingerprint density at radius 2 is 1.94 bits per heavy atom. The summed E-state index contributed by atoms with van der Waals surface area (Å²) in [5.41, 5.74) is 7.49. The van der Waals surface area contributed by atoms with E-state index in [1.165, 1.54) is 25.5 Å². The van der Waals surface area contributed by atoms with E-state index < -0.39 is 0 Å². The lowest BCUT2D eigenvalue weighted by Crippen LogP contribution is -2.02. The van der Waals surface area contributed by atoms with Crippen LogP contribution in [-0.4, -0.2) is 20.7 Å². The number of hydrogen-bond donors (Lipinski definition) is 1. The zero-order valence-corrected chi connectivity index (χ0v) is 8.71. The number of carbonyl (C=O) groups is 1. The number of nitrogens with zero attached hydrogens (tertiary/aromatic N) is 3. The quantitative estimate of drug-likeness (QED) is 0.762. The SMILES string of the molecule is CC(=O)c1nccnc1-c1ccc(N)cn1. The monoisotopic (exact) mass is 214 g/mol. The number of Topliss-reactive ketones (excluding diaryl/α,β-unsaturated/α-hetero) is 1. The Balaban J connectivity index is 2.55. The molecule has 2 aromatic rings. The molecule has 0 aliphatic heterocycles. The lowest BCUT2D eigenvalue weighted by Gasteiger charge is -2.03. The molecule has 0 amide bonds. The van der Waals surface area contributed by atoms with Crippen molar-refractivity contribution < 1.29 is 4.79 Å². The molecular formula is C11H10N4O. The van der Waals surface area contributed by atoms with Crippen molar-refractivity contribution in [1.29, 1.82) is 0 Å². The second-order valence-electron chi connectivity index (χ2n) is 3.29. The van der Waals surface area contributed by atoms with Gasteiger partial charge in [-0.2, -0.15) is 0 Å². The molecule has 0 radical (unpaired) electrons. The average molecular weight is 214 g/mol. The Kier molecular flexibility index (Phi) is 2.59. The van der Waals surface area contributed by atoms with E-state index in [2.05, 4.69) is 15.0 Å². The van der Waals surface area contributed by atoms with Gasteiger partial charge in [-0.15, -0.1) is 0 Å². The molecule has 0 unspecified atom stereocenters. The molecule has 2 heterocycles. The first-order chi connectivity index (χ1) is 7.68. The molecule has 5 nitrogen and oxygen atoms in total. The van der Waals surface area contributed by atoms with Crippen molar-refractivity contribution in [3.05, 3.63) is 36.4 Å². The Labute approximate surface area is 92.4 Å². The van der Waals surface area contributed by atoms with Crippen LogP contribution in [0, 0.1) is 0 Å². The van der Waals surface area contributed by atoms with Crippen LogP contribution in [0.1, 0.15) is 17.4 Å². The lowest BCUT2D eigenvalue weighted by molar-refractivity contribution is 0.101. The number of ketones is 1. The summed E-state index contributed by atoms with van der Waals surface area (Å²) in [6, 6.07) is 3.42. The van der Waals surface area contributed by atoms with Crippen molar-refractivity contribution in [2.45, 2.75) is 6.92 Å². The first kappa shape index (κ1) is 10.2. The van der Waals surface area contributed by atoms with Crippen LogP contribution < -0.4 is 5.73 Å². The summed E-state index contributed by atoms with van der Waals surface area (Å²) in [6.45, 7) is 1.45. The van der Waals surface area contributed by atoms with E-state index >= 15 is 0 Å². The summed E-state index contributed by atoms with van der Waals surface area (Å²) < 4.78 is 0. The highest BCUT2D eigenvalue weighted by Crippen LogP contribution is 2.18. The van der Waals surface area contributed by atoms with Gasteiger partial charge >= 0.3 is 0 Å². The molecule has 5 heteroatoms. The molecule has 2 aromatic heterocycles. The zero-order valence-electron chi connectivity index (χ0n) is 8.71. The predicted molar refractivity (Wildman–Crippen MR) is 59.7 cm³/mol. The number of nitrogen functional groups attached to an aromatic ring is 1. The van der Waals surface area contributed by atoms with Crippen LogP contribution in [0.2, 0.25) is 0 Å². The molecule has 0 aliphatic rings. The number of pyridine rings is 1. The second kappa shape index (κ2) is 4.06. The third kappa shape index (κ3) is 1.88. The highest BCUT2D eigenvalue weighted by atomic mass is 16.1. The normalized spacial score (nSPS) is 10.1. The largest absolute Gasteiger partial charge is 0.397 e. The van der Waals surface area contributed by atoms with E-state index in [0.717, 1.165) is 0 Å². The molecule has 16 heavy (non-hydrogen) atoms. The maximum Gasteiger partial charge on any atom is 0.180 e. The van der Waals surface area contributed by atoms with Gasteiger partial charge in [-0.05, 0) is 12.1 Å². The molecule has 2 N–H and O–H groups in total. The van der Waals surface area contributed by atoms with Crippen LogP contribution in [0.4, 0.5) is 5.69 Å². The smallest absolute Gasteiger partial charge is 0.180 e. The van der Waals surface area contributed by atoms with Gasteiger partial charge in [-0.25, -0.2) is 4.98 Å². The number of rotatable bonds is 2. The summed E-state index contributed by atoms with van der Waals surface area (Å²) in [7, 11) is 0. The first-order valence-electron chi connectivity index (χ1n) is 4.72. The number of anilines is 1. The van der Waals surface area contributed by atoms with Crippen LogP contribution in [0.3, 0.4) is 0 Å². The highest BCUT2D eigenvalue weighted by Gasteiger charge is 2.12. The first-order valence-corrected chi connectivity index (χ1v) is 4.72. The van der Waals surface area contributed by atoms with Gasteiger partial charge in [-0.1, -0.05) is 0 Å².